The van der Waals surface area contributed by atoms with Gasteiger partial charge in [0.05, 0.1) is 0 Å². The molecule has 2 amide bonds. The van der Waals surface area contributed by atoms with Crippen molar-refractivity contribution >= 4 is 22.8 Å². The van der Waals surface area contributed by atoms with Crippen molar-refractivity contribution in [3.63, 3.8) is 0 Å². The average molecular weight is 397 g/mol. The predicted octanol–water partition coefficient (Wildman–Crippen LogP) is 6.17. The summed E-state index contributed by atoms with van der Waals surface area (Å²) in [4.78, 5) is 19.5. The standard InChI is InChI=1S/C25H23N3O2/c1-17-8-5-6-11-20(17)27-25(29)28-15-7-12-22(28)24-26-21-16-19(13-14-23(21)30-24)18-9-3-2-4-10-18/h2-6,8-11,13-14,16,22H,7,12,15H2,1H3,(H,27,29). The zero-order chi connectivity index (χ0) is 20.5. The van der Waals surface area contributed by atoms with Crippen LogP contribution in [-0.4, -0.2) is 22.5 Å². The molecule has 1 N–H and O–H groups in total. The number of carbonyl (C=O) groups is 1. The van der Waals surface area contributed by atoms with E-state index in [-0.39, 0.29) is 12.1 Å². The van der Waals surface area contributed by atoms with Crippen LogP contribution in [0.15, 0.2) is 77.2 Å². The van der Waals surface area contributed by atoms with E-state index < -0.39 is 0 Å². The normalized spacial score (nSPS) is 16.2. The number of hydrogen-bond donors (Lipinski definition) is 1. The molecule has 0 radical (unpaired) electrons. The number of fused-ring (bicyclic) bond motifs is 1. The molecule has 3 aromatic carbocycles. The molecule has 150 valence electrons. The molecular weight excluding hydrogens is 374 g/mol. The first kappa shape index (κ1) is 18.4. The van der Waals surface area contributed by atoms with Crippen LogP contribution in [0.25, 0.3) is 22.2 Å². The Morgan fingerprint density at radius 2 is 1.83 bits per heavy atom. The second-order valence-electron chi connectivity index (χ2n) is 7.70. The number of para-hydroxylation sites is 1. The van der Waals surface area contributed by atoms with Crippen molar-refractivity contribution in [2.24, 2.45) is 0 Å². The van der Waals surface area contributed by atoms with Crippen LogP contribution in [0.2, 0.25) is 0 Å². The molecule has 1 saturated heterocycles. The summed E-state index contributed by atoms with van der Waals surface area (Å²) >= 11 is 0. The molecule has 5 heteroatoms. The maximum Gasteiger partial charge on any atom is 0.322 e. The molecule has 1 aromatic heterocycles. The SMILES string of the molecule is Cc1ccccc1NC(=O)N1CCCC1c1nc2cc(-c3ccccc3)ccc2o1. The van der Waals surface area contributed by atoms with Crippen molar-refractivity contribution in [2.75, 3.05) is 11.9 Å². The average Bonchev–Trinajstić information content (AvgIpc) is 3.42. The fraction of sp³-hybridized carbons (Fsp3) is 0.200. The number of hydrogen-bond acceptors (Lipinski definition) is 3. The molecule has 1 fully saturated rings. The van der Waals surface area contributed by atoms with Crippen LogP contribution < -0.4 is 5.32 Å². The van der Waals surface area contributed by atoms with E-state index in [1.54, 1.807) is 0 Å². The molecule has 0 spiro atoms. The Bertz CT molecular complexity index is 1200. The van der Waals surface area contributed by atoms with Crippen LogP contribution in [-0.2, 0) is 0 Å². The van der Waals surface area contributed by atoms with E-state index in [1.807, 2.05) is 72.5 Å². The number of aryl methyl sites for hydroxylation is 1. The van der Waals surface area contributed by atoms with Gasteiger partial charge in [-0.05, 0) is 54.7 Å². The van der Waals surface area contributed by atoms with Crippen LogP contribution in [0.4, 0.5) is 10.5 Å². The number of urea groups is 1. The summed E-state index contributed by atoms with van der Waals surface area (Å²) in [6.45, 7) is 2.68. The van der Waals surface area contributed by atoms with E-state index in [0.717, 1.165) is 46.3 Å². The van der Waals surface area contributed by atoms with Gasteiger partial charge in [-0.2, -0.15) is 0 Å². The van der Waals surface area contributed by atoms with Gasteiger partial charge in [-0.25, -0.2) is 9.78 Å². The molecule has 1 aliphatic rings. The fourth-order valence-electron chi connectivity index (χ4n) is 4.06. The van der Waals surface area contributed by atoms with Gasteiger partial charge in [0.2, 0.25) is 5.89 Å². The highest BCUT2D eigenvalue weighted by Crippen LogP contribution is 2.34. The first-order valence-electron chi connectivity index (χ1n) is 10.3. The number of oxazole rings is 1. The third kappa shape index (κ3) is 3.43. The maximum atomic E-state index is 13.0. The molecule has 1 unspecified atom stereocenters. The minimum absolute atomic E-state index is 0.112. The summed E-state index contributed by atoms with van der Waals surface area (Å²) in [7, 11) is 0. The Balaban J connectivity index is 1.41. The number of carbonyl (C=O) groups excluding carboxylic acids is 1. The van der Waals surface area contributed by atoms with Gasteiger partial charge >= 0.3 is 6.03 Å². The van der Waals surface area contributed by atoms with Gasteiger partial charge in [0, 0.05) is 12.2 Å². The maximum absolute atomic E-state index is 13.0. The lowest BCUT2D eigenvalue weighted by Crippen LogP contribution is -2.34. The molecule has 0 bridgehead atoms. The lowest BCUT2D eigenvalue weighted by Gasteiger charge is -2.23. The van der Waals surface area contributed by atoms with Crippen molar-refractivity contribution in [1.82, 2.24) is 9.88 Å². The number of nitrogens with one attached hydrogen (secondary N) is 1. The predicted molar refractivity (Wildman–Crippen MR) is 118 cm³/mol. The molecule has 1 aliphatic heterocycles. The largest absolute Gasteiger partial charge is 0.438 e. The second kappa shape index (κ2) is 7.67. The molecule has 1 atom stereocenters. The monoisotopic (exact) mass is 397 g/mol. The number of nitrogens with zero attached hydrogens (tertiary/aromatic N) is 2. The summed E-state index contributed by atoms with van der Waals surface area (Å²) in [6.07, 6.45) is 1.78. The Morgan fingerprint density at radius 3 is 2.67 bits per heavy atom. The lowest BCUT2D eigenvalue weighted by molar-refractivity contribution is 0.199. The number of rotatable bonds is 3. The van der Waals surface area contributed by atoms with Crippen LogP contribution in [0, 0.1) is 6.92 Å². The molecule has 2 heterocycles. The zero-order valence-corrected chi connectivity index (χ0v) is 16.8. The van der Waals surface area contributed by atoms with Crippen LogP contribution in [0.3, 0.4) is 0 Å². The molecule has 5 rings (SSSR count). The van der Waals surface area contributed by atoms with E-state index in [9.17, 15) is 4.79 Å². The number of benzene rings is 3. The first-order valence-corrected chi connectivity index (χ1v) is 10.3. The van der Waals surface area contributed by atoms with Crippen molar-refractivity contribution in [1.29, 1.82) is 0 Å². The molecule has 0 aliphatic carbocycles. The topological polar surface area (TPSA) is 58.4 Å². The van der Waals surface area contributed by atoms with Crippen LogP contribution in [0.1, 0.15) is 30.3 Å². The third-order valence-corrected chi connectivity index (χ3v) is 5.70. The van der Waals surface area contributed by atoms with Gasteiger partial charge in [0.1, 0.15) is 11.6 Å². The molecule has 30 heavy (non-hydrogen) atoms. The molecular formula is C25H23N3O2. The Kier molecular flexibility index (Phi) is 4.71. The van der Waals surface area contributed by atoms with E-state index in [2.05, 4.69) is 17.4 Å². The van der Waals surface area contributed by atoms with Crippen molar-refractivity contribution in [2.45, 2.75) is 25.8 Å². The Labute approximate surface area is 175 Å². The smallest absolute Gasteiger partial charge is 0.322 e. The first-order chi connectivity index (χ1) is 14.7. The summed E-state index contributed by atoms with van der Waals surface area (Å²) < 4.78 is 6.06. The summed E-state index contributed by atoms with van der Waals surface area (Å²) in [5.74, 6) is 0.604. The quantitative estimate of drug-likeness (QED) is 0.449. The lowest BCUT2D eigenvalue weighted by atomic mass is 10.1. The highest BCUT2D eigenvalue weighted by atomic mass is 16.4. The highest BCUT2D eigenvalue weighted by molar-refractivity contribution is 5.90. The zero-order valence-electron chi connectivity index (χ0n) is 16.8. The number of likely N-dealkylation sites (tertiary alicyclic amines) is 1. The third-order valence-electron chi connectivity index (χ3n) is 5.70. The van der Waals surface area contributed by atoms with E-state index in [0.29, 0.717) is 12.4 Å². The van der Waals surface area contributed by atoms with Gasteiger partial charge in [0.25, 0.3) is 0 Å². The minimum atomic E-state index is -0.151. The number of amides is 2. The Morgan fingerprint density at radius 1 is 1.03 bits per heavy atom. The summed E-state index contributed by atoms with van der Waals surface area (Å²) in [5, 5.41) is 3.03. The van der Waals surface area contributed by atoms with E-state index >= 15 is 0 Å². The minimum Gasteiger partial charge on any atom is -0.438 e. The van der Waals surface area contributed by atoms with Crippen molar-refractivity contribution in [3.8, 4) is 11.1 Å². The van der Waals surface area contributed by atoms with Crippen molar-refractivity contribution < 1.29 is 9.21 Å². The fourth-order valence-corrected chi connectivity index (χ4v) is 4.06. The molecule has 5 nitrogen and oxygen atoms in total. The van der Waals surface area contributed by atoms with Gasteiger partial charge in [-0.3, -0.25) is 0 Å². The summed E-state index contributed by atoms with van der Waals surface area (Å²) in [5.41, 5.74) is 5.68. The van der Waals surface area contributed by atoms with Gasteiger partial charge in [-0.1, -0.05) is 54.6 Å². The van der Waals surface area contributed by atoms with Gasteiger partial charge < -0.3 is 14.6 Å². The summed E-state index contributed by atoms with van der Waals surface area (Å²) in [6, 6.07) is 23.8. The van der Waals surface area contributed by atoms with E-state index in [4.69, 9.17) is 9.40 Å². The van der Waals surface area contributed by atoms with Crippen LogP contribution in [0.5, 0.6) is 0 Å². The van der Waals surface area contributed by atoms with Crippen molar-refractivity contribution in [3.05, 3.63) is 84.3 Å². The van der Waals surface area contributed by atoms with E-state index in [1.165, 1.54) is 0 Å². The molecule has 4 aromatic rings. The van der Waals surface area contributed by atoms with Gasteiger partial charge in [-0.15, -0.1) is 0 Å². The van der Waals surface area contributed by atoms with Gasteiger partial charge in [0.15, 0.2) is 5.58 Å². The number of aromatic nitrogens is 1. The van der Waals surface area contributed by atoms with Crippen LogP contribution >= 0.6 is 0 Å². The highest BCUT2D eigenvalue weighted by Gasteiger charge is 2.33. The number of anilines is 1. The Hall–Kier alpha value is -3.60. The molecule has 0 saturated carbocycles. The second-order valence-corrected chi connectivity index (χ2v) is 7.70.